The Morgan fingerprint density at radius 3 is 1.55 bits per heavy atom. The molecule has 118 valence electrons. The first-order valence-corrected chi connectivity index (χ1v) is 8.82. The van der Waals surface area contributed by atoms with E-state index in [9.17, 15) is 0 Å². The minimum Gasteiger partial charge on any atom is -0.317 e. The van der Waals surface area contributed by atoms with Crippen molar-refractivity contribution >= 4 is 0 Å². The van der Waals surface area contributed by atoms with Gasteiger partial charge in [0.1, 0.15) is 0 Å². The molecule has 1 aliphatic carbocycles. The topological polar surface area (TPSA) is 12.0 Å². The number of rotatable bonds is 0. The zero-order valence-corrected chi connectivity index (χ0v) is 14.4. The van der Waals surface area contributed by atoms with Gasteiger partial charge < -0.3 is 5.32 Å². The number of nitrogens with one attached hydrogen (secondary N) is 1. The Bertz CT molecular complexity index is 547. The largest absolute Gasteiger partial charge is 0.317 e. The zero-order valence-electron chi connectivity index (χ0n) is 14.4. The zero-order chi connectivity index (χ0) is 16.0. The molecule has 1 heterocycles. The molecule has 0 saturated carbocycles. The second kappa shape index (κ2) is 7.60. The smallest absolute Gasteiger partial charge is 0.0239 e. The van der Waals surface area contributed by atoms with E-state index in [2.05, 4.69) is 53.8 Å². The normalized spacial score (nSPS) is 16.5. The molecule has 1 spiro atoms. The van der Waals surface area contributed by atoms with Crippen molar-refractivity contribution in [3.63, 3.8) is 0 Å². The molecule has 22 heavy (non-hydrogen) atoms. The average molecular weight is 295 g/mol. The van der Waals surface area contributed by atoms with Crippen LogP contribution in [0.3, 0.4) is 0 Å². The minimum absolute atomic E-state index is 0.276. The van der Waals surface area contributed by atoms with Gasteiger partial charge in [-0.3, -0.25) is 0 Å². The summed E-state index contributed by atoms with van der Waals surface area (Å²) < 4.78 is 0. The highest BCUT2D eigenvalue weighted by Crippen LogP contribution is 2.52. The maximum absolute atomic E-state index is 3.50. The van der Waals surface area contributed by atoms with E-state index in [0.29, 0.717) is 0 Å². The highest BCUT2D eigenvalue weighted by Gasteiger charge is 2.43. The quantitative estimate of drug-likeness (QED) is 0.687. The van der Waals surface area contributed by atoms with Gasteiger partial charge in [0.2, 0.25) is 0 Å². The Kier molecular flexibility index (Phi) is 5.79. The molecule has 2 aliphatic rings. The second-order valence-electron chi connectivity index (χ2n) is 5.42. The van der Waals surface area contributed by atoms with Crippen molar-refractivity contribution in [2.45, 2.75) is 46.0 Å². The molecule has 0 aromatic heterocycles. The van der Waals surface area contributed by atoms with Gasteiger partial charge in [0.15, 0.2) is 0 Å². The standard InChI is InChI=1S/C17H17N.2C2H6/c1-3-7-15-13(5-1)14-6-2-4-8-16(14)17(15)9-11-18-12-10-17;2*1-2/h1-8,18H,9-12H2;2*1-2H3. The Morgan fingerprint density at radius 2 is 1.09 bits per heavy atom. The lowest BCUT2D eigenvalue weighted by molar-refractivity contribution is 0.369. The summed E-state index contributed by atoms with van der Waals surface area (Å²) in [5.74, 6) is 0. The van der Waals surface area contributed by atoms with Crippen LogP contribution >= 0.6 is 0 Å². The van der Waals surface area contributed by atoms with Crippen molar-refractivity contribution in [1.82, 2.24) is 5.32 Å². The summed E-state index contributed by atoms with van der Waals surface area (Å²) in [4.78, 5) is 0. The van der Waals surface area contributed by atoms with Crippen LogP contribution < -0.4 is 5.32 Å². The summed E-state index contributed by atoms with van der Waals surface area (Å²) in [6, 6.07) is 17.9. The molecule has 2 aromatic carbocycles. The Hall–Kier alpha value is -1.60. The van der Waals surface area contributed by atoms with E-state index in [0.717, 1.165) is 13.1 Å². The van der Waals surface area contributed by atoms with Gasteiger partial charge in [-0.25, -0.2) is 0 Å². The van der Waals surface area contributed by atoms with Gasteiger partial charge in [0.05, 0.1) is 0 Å². The lowest BCUT2D eigenvalue weighted by Crippen LogP contribution is -2.39. The fourth-order valence-corrected chi connectivity index (χ4v) is 3.81. The SMILES string of the molecule is CC.CC.c1ccc2c(c1)-c1ccccc1C21CCNCC1. The number of hydrogen-bond donors (Lipinski definition) is 1. The van der Waals surface area contributed by atoms with Crippen LogP contribution in [0.15, 0.2) is 48.5 Å². The maximum Gasteiger partial charge on any atom is 0.0239 e. The van der Waals surface area contributed by atoms with Crippen LogP contribution in [0.1, 0.15) is 51.7 Å². The maximum atomic E-state index is 3.50. The summed E-state index contributed by atoms with van der Waals surface area (Å²) in [6.45, 7) is 10.3. The van der Waals surface area contributed by atoms with Crippen LogP contribution in [0.5, 0.6) is 0 Å². The fraction of sp³-hybridized carbons (Fsp3) is 0.429. The molecular formula is C21H29N. The molecule has 0 amide bonds. The Balaban J connectivity index is 0.000000410. The van der Waals surface area contributed by atoms with E-state index in [-0.39, 0.29) is 5.41 Å². The average Bonchev–Trinajstić information content (AvgIpc) is 2.90. The number of hydrogen-bond acceptors (Lipinski definition) is 1. The first-order chi connectivity index (χ1) is 10.9. The monoisotopic (exact) mass is 295 g/mol. The number of fused-ring (bicyclic) bond motifs is 5. The Morgan fingerprint density at radius 1 is 0.682 bits per heavy atom. The van der Waals surface area contributed by atoms with Gasteiger partial charge in [0.25, 0.3) is 0 Å². The van der Waals surface area contributed by atoms with Gasteiger partial charge in [0, 0.05) is 5.41 Å². The lowest BCUT2D eigenvalue weighted by Gasteiger charge is -2.36. The van der Waals surface area contributed by atoms with Gasteiger partial charge >= 0.3 is 0 Å². The van der Waals surface area contributed by atoms with Crippen LogP contribution in [0.4, 0.5) is 0 Å². The first-order valence-electron chi connectivity index (χ1n) is 8.82. The molecule has 0 bridgehead atoms. The van der Waals surface area contributed by atoms with E-state index in [1.54, 1.807) is 11.1 Å². The van der Waals surface area contributed by atoms with E-state index >= 15 is 0 Å². The third-order valence-corrected chi connectivity index (χ3v) is 4.63. The third kappa shape index (κ3) is 2.59. The van der Waals surface area contributed by atoms with Crippen molar-refractivity contribution < 1.29 is 0 Å². The van der Waals surface area contributed by atoms with E-state index in [4.69, 9.17) is 0 Å². The molecule has 1 N–H and O–H groups in total. The molecule has 1 heteroatoms. The summed E-state index contributed by atoms with van der Waals surface area (Å²) >= 11 is 0. The van der Waals surface area contributed by atoms with Gasteiger partial charge in [-0.15, -0.1) is 0 Å². The van der Waals surface area contributed by atoms with E-state index in [1.807, 2.05) is 27.7 Å². The third-order valence-electron chi connectivity index (χ3n) is 4.63. The second-order valence-corrected chi connectivity index (χ2v) is 5.42. The van der Waals surface area contributed by atoms with Crippen molar-refractivity contribution in [3.8, 4) is 11.1 Å². The summed E-state index contributed by atoms with van der Waals surface area (Å²) in [7, 11) is 0. The molecule has 1 saturated heterocycles. The van der Waals surface area contributed by atoms with Crippen molar-refractivity contribution in [3.05, 3.63) is 59.7 Å². The predicted octanol–water partition coefficient (Wildman–Crippen LogP) is 5.39. The Labute approximate surface area is 135 Å². The highest BCUT2D eigenvalue weighted by molar-refractivity contribution is 5.81. The molecule has 0 atom stereocenters. The molecule has 1 fully saturated rings. The summed E-state index contributed by atoms with van der Waals surface area (Å²) in [5, 5.41) is 3.50. The molecular weight excluding hydrogens is 266 g/mol. The molecule has 1 aliphatic heterocycles. The lowest BCUT2D eigenvalue weighted by atomic mass is 9.71. The highest BCUT2D eigenvalue weighted by atomic mass is 14.9. The molecule has 2 aromatic rings. The molecule has 4 rings (SSSR count). The van der Waals surface area contributed by atoms with Gasteiger partial charge in [-0.1, -0.05) is 76.2 Å². The number of benzene rings is 2. The summed E-state index contributed by atoms with van der Waals surface area (Å²) in [5.41, 5.74) is 6.28. The van der Waals surface area contributed by atoms with Crippen LogP contribution in [-0.2, 0) is 5.41 Å². The predicted molar refractivity (Wildman–Crippen MR) is 97.5 cm³/mol. The van der Waals surface area contributed by atoms with Crippen molar-refractivity contribution in [1.29, 1.82) is 0 Å². The summed E-state index contributed by atoms with van der Waals surface area (Å²) in [6.07, 6.45) is 2.45. The molecule has 0 unspecified atom stereocenters. The van der Waals surface area contributed by atoms with E-state index < -0.39 is 0 Å². The number of piperidine rings is 1. The van der Waals surface area contributed by atoms with Crippen LogP contribution in [0, 0.1) is 0 Å². The molecule has 0 radical (unpaired) electrons. The van der Waals surface area contributed by atoms with Gasteiger partial charge in [-0.2, -0.15) is 0 Å². The van der Waals surface area contributed by atoms with Gasteiger partial charge in [-0.05, 0) is 48.2 Å². The van der Waals surface area contributed by atoms with Crippen molar-refractivity contribution in [2.75, 3.05) is 13.1 Å². The van der Waals surface area contributed by atoms with Crippen LogP contribution in [0.2, 0.25) is 0 Å². The molecule has 1 nitrogen and oxygen atoms in total. The van der Waals surface area contributed by atoms with Crippen molar-refractivity contribution in [2.24, 2.45) is 0 Å². The van der Waals surface area contributed by atoms with E-state index in [1.165, 1.54) is 24.0 Å². The fourth-order valence-electron chi connectivity index (χ4n) is 3.81. The minimum atomic E-state index is 0.276. The first kappa shape index (κ1) is 16.8. The van der Waals surface area contributed by atoms with Crippen LogP contribution in [-0.4, -0.2) is 13.1 Å². The van der Waals surface area contributed by atoms with Crippen LogP contribution in [0.25, 0.3) is 11.1 Å².